The zero-order valence-corrected chi connectivity index (χ0v) is 13.3. The van der Waals surface area contributed by atoms with Crippen LogP contribution in [0.15, 0.2) is 29.3 Å². The molecule has 20 heavy (non-hydrogen) atoms. The maximum absolute atomic E-state index is 12.8. The van der Waals surface area contributed by atoms with Crippen LogP contribution in [0.25, 0.3) is 0 Å². The van der Waals surface area contributed by atoms with E-state index in [0.717, 1.165) is 30.2 Å². The van der Waals surface area contributed by atoms with E-state index in [4.69, 9.17) is 0 Å². The van der Waals surface area contributed by atoms with Gasteiger partial charge in [0.05, 0.1) is 6.54 Å². The Labute approximate surface area is 125 Å². The number of amidine groups is 1. The second-order valence-electron chi connectivity index (χ2n) is 6.45. The highest BCUT2D eigenvalue weighted by Gasteiger charge is 2.24. The molecule has 1 aromatic rings. The monoisotopic (exact) mass is 294 g/mol. The first-order valence-corrected chi connectivity index (χ1v) is 8.00. The molecule has 1 unspecified atom stereocenters. The van der Waals surface area contributed by atoms with Gasteiger partial charge in [0.15, 0.2) is 5.17 Å². The molecule has 0 spiro atoms. The van der Waals surface area contributed by atoms with Crippen LogP contribution < -0.4 is 5.32 Å². The highest BCUT2D eigenvalue weighted by atomic mass is 32.2. The molecule has 0 saturated heterocycles. The van der Waals surface area contributed by atoms with Gasteiger partial charge in [-0.15, -0.1) is 0 Å². The summed E-state index contributed by atoms with van der Waals surface area (Å²) in [5, 5.41) is 5.04. The van der Waals surface area contributed by atoms with E-state index in [1.807, 2.05) is 23.9 Å². The average Bonchev–Trinajstić information content (AvgIpc) is 2.77. The van der Waals surface area contributed by atoms with Crippen molar-refractivity contribution in [1.29, 1.82) is 0 Å². The van der Waals surface area contributed by atoms with Crippen LogP contribution in [0.2, 0.25) is 0 Å². The lowest BCUT2D eigenvalue weighted by atomic mass is 9.90. The fourth-order valence-electron chi connectivity index (χ4n) is 2.27. The average molecular weight is 294 g/mol. The first-order chi connectivity index (χ1) is 9.42. The Morgan fingerprint density at radius 3 is 2.65 bits per heavy atom. The Bertz CT molecular complexity index is 462. The van der Waals surface area contributed by atoms with E-state index < -0.39 is 0 Å². The lowest BCUT2D eigenvalue weighted by Gasteiger charge is -2.21. The smallest absolute Gasteiger partial charge is 0.156 e. The first kappa shape index (κ1) is 15.4. The van der Waals surface area contributed by atoms with Gasteiger partial charge in [0.2, 0.25) is 0 Å². The van der Waals surface area contributed by atoms with Crippen LogP contribution in [-0.4, -0.2) is 23.5 Å². The molecule has 1 aromatic carbocycles. The van der Waals surface area contributed by atoms with Crippen molar-refractivity contribution in [1.82, 2.24) is 5.32 Å². The highest BCUT2D eigenvalue weighted by Crippen LogP contribution is 2.31. The van der Waals surface area contributed by atoms with Crippen LogP contribution in [0.3, 0.4) is 0 Å². The minimum absolute atomic E-state index is 0.178. The number of benzene rings is 1. The quantitative estimate of drug-likeness (QED) is 0.911. The predicted octanol–water partition coefficient (Wildman–Crippen LogP) is 3.87. The van der Waals surface area contributed by atoms with Crippen LogP contribution in [0.4, 0.5) is 4.39 Å². The summed E-state index contributed by atoms with van der Waals surface area (Å²) in [5.41, 5.74) is 1.50. The maximum Gasteiger partial charge on any atom is 0.156 e. The van der Waals surface area contributed by atoms with Gasteiger partial charge in [-0.05, 0) is 36.0 Å². The summed E-state index contributed by atoms with van der Waals surface area (Å²) in [6, 6.07) is 6.69. The largest absolute Gasteiger partial charge is 0.365 e. The topological polar surface area (TPSA) is 24.4 Å². The summed E-state index contributed by atoms with van der Waals surface area (Å²) < 4.78 is 12.8. The Kier molecular flexibility index (Phi) is 5.08. The molecule has 0 saturated carbocycles. The Balaban J connectivity index is 1.69. The third-order valence-corrected chi connectivity index (χ3v) is 4.31. The van der Waals surface area contributed by atoms with Crippen molar-refractivity contribution >= 4 is 16.9 Å². The maximum atomic E-state index is 12.8. The van der Waals surface area contributed by atoms with Crippen molar-refractivity contribution in [3.8, 4) is 0 Å². The molecule has 1 aliphatic rings. The second kappa shape index (κ2) is 6.61. The van der Waals surface area contributed by atoms with E-state index in [0.29, 0.717) is 10.7 Å². The van der Waals surface area contributed by atoms with Gasteiger partial charge in [-0.2, -0.15) is 0 Å². The summed E-state index contributed by atoms with van der Waals surface area (Å²) in [6.07, 6.45) is 2.08. The van der Waals surface area contributed by atoms with Crippen molar-refractivity contribution in [2.24, 2.45) is 10.4 Å². The van der Waals surface area contributed by atoms with Crippen molar-refractivity contribution < 1.29 is 4.39 Å². The van der Waals surface area contributed by atoms with Gasteiger partial charge in [0.25, 0.3) is 0 Å². The van der Waals surface area contributed by atoms with E-state index in [1.165, 1.54) is 18.6 Å². The van der Waals surface area contributed by atoms with E-state index in [2.05, 4.69) is 31.1 Å². The molecule has 0 fully saturated rings. The summed E-state index contributed by atoms with van der Waals surface area (Å²) in [4.78, 5) is 4.56. The molecule has 2 nitrogen and oxygen atoms in total. The van der Waals surface area contributed by atoms with E-state index in [9.17, 15) is 4.39 Å². The molecule has 0 aromatic heterocycles. The van der Waals surface area contributed by atoms with Gasteiger partial charge in [-0.1, -0.05) is 44.7 Å². The molecule has 110 valence electrons. The van der Waals surface area contributed by atoms with Crippen LogP contribution in [0.1, 0.15) is 32.8 Å². The fourth-order valence-corrected chi connectivity index (χ4v) is 3.65. The van der Waals surface area contributed by atoms with Gasteiger partial charge < -0.3 is 5.32 Å². The van der Waals surface area contributed by atoms with Gasteiger partial charge in [-0.3, -0.25) is 4.99 Å². The van der Waals surface area contributed by atoms with Crippen LogP contribution in [-0.2, 0) is 6.42 Å². The Morgan fingerprint density at radius 2 is 2.00 bits per heavy atom. The zero-order valence-electron chi connectivity index (χ0n) is 12.4. The van der Waals surface area contributed by atoms with E-state index >= 15 is 0 Å². The van der Waals surface area contributed by atoms with Crippen molar-refractivity contribution in [3.63, 3.8) is 0 Å². The molecule has 1 heterocycles. The third-order valence-electron chi connectivity index (χ3n) is 3.16. The van der Waals surface area contributed by atoms with Gasteiger partial charge in [0.1, 0.15) is 5.82 Å². The van der Waals surface area contributed by atoms with Crippen LogP contribution in [0, 0.1) is 11.2 Å². The van der Waals surface area contributed by atoms with Gasteiger partial charge >= 0.3 is 0 Å². The highest BCUT2D eigenvalue weighted by molar-refractivity contribution is 8.14. The molecule has 0 aliphatic carbocycles. The number of aliphatic imine (C=N–C) groups is 1. The molecular weight excluding hydrogens is 271 g/mol. The van der Waals surface area contributed by atoms with Crippen molar-refractivity contribution in [3.05, 3.63) is 35.6 Å². The molecule has 1 N–H and O–H groups in total. The van der Waals surface area contributed by atoms with Crippen molar-refractivity contribution in [2.45, 2.75) is 38.9 Å². The summed E-state index contributed by atoms with van der Waals surface area (Å²) in [6.45, 7) is 8.58. The second-order valence-corrected chi connectivity index (χ2v) is 7.74. The summed E-state index contributed by atoms with van der Waals surface area (Å²) in [7, 11) is 0. The molecule has 0 bridgehead atoms. The van der Waals surface area contributed by atoms with Crippen LogP contribution in [0.5, 0.6) is 0 Å². The molecule has 0 radical (unpaired) electrons. The first-order valence-electron chi connectivity index (χ1n) is 7.12. The number of halogens is 1. The molecule has 1 aliphatic heterocycles. The number of hydrogen-bond donors (Lipinski definition) is 1. The summed E-state index contributed by atoms with van der Waals surface area (Å²) in [5.74, 6) is -0.178. The minimum atomic E-state index is -0.178. The predicted molar refractivity (Wildman–Crippen MR) is 85.9 cm³/mol. The summed E-state index contributed by atoms with van der Waals surface area (Å²) >= 11 is 1.85. The molecule has 0 amide bonds. The van der Waals surface area contributed by atoms with E-state index in [1.54, 1.807) is 0 Å². The number of thioether (sulfide) groups is 1. The lowest BCUT2D eigenvalue weighted by molar-refractivity contribution is 0.375. The number of nitrogens with one attached hydrogen (secondary N) is 1. The van der Waals surface area contributed by atoms with Crippen molar-refractivity contribution in [2.75, 3.05) is 13.1 Å². The molecule has 4 heteroatoms. The molecule has 1 atom stereocenters. The van der Waals surface area contributed by atoms with Crippen LogP contribution >= 0.6 is 11.8 Å². The van der Waals surface area contributed by atoms with E-state index in [-0.39, 0.29) is 5.82 Å². The number of rotatable bonds is 4. The zero-order chi connectivity index (χ0) is 14.6. The fraction of sp³-hybridized carbons (Fsp3) is 0.562. The molecule has 2 rings (SSSR count). The standard InChI is InChI=1S/C16H23FN2S/c1-16(2,3)10-14-11-19-15(20-14)18-9-8-12-4-6-13(17)7-5-12/h4-7,14H,8-11H2,1-3H3,(H,18,19). The normalized spacial score (nSPS) is 19.0. The Morgan fingerprint density at radius 1 is 1.30 bits per heavy atom. The SMILES string of the molecule is CC(C)(C)CC1CN=C(NCCc2ccc(F)cc2)S1. The third kappa shape index (κ3) is 5.16. The lowest BCUT2D eigenvalue weighted by Crippen LogP contribution is -2.23. The Hall–Kier alpha value is -1.03. The molecular formula is C16H23FN2S. The minimum Gasteiger partial charge on any atom is -0.365 e. The number of nitrogens with zero attached hydrogens (tertiary/aromatic N) is 1. The number of hydrogen-bond acceptors (Lipinski definition) is 3. The van der Waals surface area contributed by atoms with Gasteiger partial charge in [-0.25, -0.2) is 4.39 Å². The van der Waals surface area contributed by atoms with Gasteiger partial charge in [0, 0.05) is 11.8 Å².